The summed E-state index contributed by atoms with van der Waals surface area (Å²) in [5.74, 6) is -0.496. The second kappa shape index (κ2) is 9.07. The molecule has 0 radical (unpaired) electrons. The van der Waals surface area contributed by atoms with Crippen molar-refractivity contribution in [3.8, 4) is 10.4 Å². The first-order chi connectivity index (χ1) is 15.6. The molecule has 0 spiro atoms. The van der Waals surface area contributed by atoms with Crippen LogP contribution in [-0.2, 0) is 14.3 Å². The van der Waals surface area contributed by atoms with Crippen molar-refractivity contribution in [2.75, 3.05) is 13.2 Å². The predicted molar refractivity (Wildman–Crippen MR) is 118 cm³/mol. The number of aromatic nitrogens is 2. The predicted octanol–water partition coefficient (Wildman–Crippen LogP) is 2.45. The SMILES string of the molecule is O=C(NC(C(=O)N1CC[C@H]2OCC(=O)[C@H]21)C1CCCCC1)c1ncc(-c2cccnc2)s1. The second-order valence-electron chi connectivity index (χ2n) is 8.70. The van der Waals surface area contributed by atoms with E-state index in [0.29, 0.717) is 18.0 Å². The average molecular weight is 455 g/mol. The van der Waals surface area contributed by atoms with E-state index in [2.05, 4.69) is 15.3 Å². The molecule has 9 heteroatoms. The van der Waals surface area contributed by atoms with Gasteiger partial charge in [-0.05, 0) is 31.2 Å². The number of likely N-dealkylation sites (tertiary alicyclic amines) is 1. The highest BCUT2D eigenvalue weighted by molar-refractivity contribution is 7.16. The topological polar surface area (TPSA) is 101 Å². The van der Waals surface area contributed by atoms with Crippen molar-refractivity contribution in [1.29, 1.82) is 0 Å². The highest BCUT2D eigenvalue weighted by atomic mass is 32.1. The van der Waals surface area contributed by atoms with Crippen LogP contribution >= 0.6 is 11.3 Å². The minimum Gasteiger partial charge on any atom is -0.368 e. The number of hydrogen-bond acceptors (Lipinski definition) is 7. The molecule has 2 aromatic heterocycles. The summed E-state index contributed by atoms with van der Waals surface area (Å²) in [6, 6.07) is 2.59. The number of thiazole rings is 1. The number of pyridine rings is 1. The van der Waals surface area contributed by atoms with Crippen LogP contribution in [0.2, 0.25) is 0 Å². The maximum Gasteiger partial charge on any atom is 0.280 e. The molecule has 3 fully saturated rings. The minimum absolute atomic E-state index is 0.0457. The van der Waals surface area contributed by atoms with Crippen LogP contribution in [0, 0.1) is 5.92 Å². The van der Waals surface area contributed by atoms with Crippen LogP contribution in [0.15, 0.2) is 30.7 Å². The number of ketones is 1. The molecule has 1 aliphatic carbocycles. The monoisotopic (exact) mass is 454 g/mol. The van der Waals surface area contributed by atoms with E-state index < -0.39 is 12.1 Å². The number of Topliss-reactive ketones (excluding diaryl/α,β-unsaturated/α-hetero) is 1. The molecule has 2 aliphatic heterocycles. The summed E-state index contributed by atoms with van der Waals surface area (Å²) in [4.78, 5) is 49.9. The zero-order chi connectivity index (χ0) is 22.1. The van der Waals surface area contributed by atoms with Crippen LogP contribution < -0.4 is 5.32 Å². The molecule has 2 saturated heterocycles. The molecule has 3 atom stereocenters. The second-order valence-corrected chi connectivity index (χ2v) is 9.73. The zero-order valence-corrected chi connectivity index (χ0v) is 18.6. The van der Waals surface area contributed by atoms with Crippen molar-refractivity contribution < 1.29 is 19.1 Å². The summed E-state index contributed by atoms with van der Waals surface area (Å²) < 4.78 is 5.55. The molecule has 4 heterocycles. The van der Waals surface area contributed by atoms with E-state index in [9.17, 15) is 14.4 Å². The van der Waals surface area contributed by atoms with Gasteiger partial charge in [-0.1, -0.05) is 25.3 Å². The van der Waals surface area contributed by atoms with Gasteiger partial charge in [0.2, 0.25) is 5.91 Å². The number of carbonyl (C=O) groups is 3. The molecule has 2 amide bonds. The third-order valence-electron chi connectivity index (χ3n) is 6.71. The van der Waals surface area contributed by atoms with E-state index in [1.807, 2.05) is 12.1 Å². The van der Waals surface area contributed by atoms with Gasteiger partial charge in [0.15, 0.2) is 10.8 Å². The molecule has 5 rings (SSSR count). The lowest BCUT2D eigenvalue weighted by atomic mass is 9.83. The third-order valence-corrected chi connectivity index (χ3v) is 7.76. The summed E-state index contributed by atoms with van der Waals surface area (Å²) in [7, 11) is 0. The number of nitrogens with one attached hydrogen (secondary N) is 1. The van der Waals surface area contributed by atoms with E-state index in [-0.39, 0.29) is 36.2 Å². The average Bonchev–Trinajstić information content (AvgIpc) is 3.56. The molecular formula is C23H26N4O4S. The molecule has 1 unspecified atom stereocenters. The fourth-order valence-corrected chi connectivity index (χ4v) is 5.90. The summed E-state index contributed by atoms with van der Waals surface area (Å²) in [5.41, 5.74) is 0.895. The third kappa shape index (κ3) is 4.06. The largest absolute Gasteiger partial charge is 0.368 e. The van der Waals surface area contributed by atoms with E-state index in [1.54, 1.807) is 23.5 Å². The van der Waals surface area contributed by atoms with Crippen LogP contribution in [0.1, 0.15) is 48.3 Å². The number of nitrogens with zero attached hydrogens (tertiary/aromatic N) is 3. The Kier molecular flexibility index (Phi) is 6.01. The van der Waals surface area contributed by atoms with Crippen molar-refractivity contribution in [2.45, 2.75) is 56.7 Å². The lowest BCUT2D eigenvalue weighted by Crippen LogP contribution is -2.55. The molecule has 0 aromatic carbocycles. The Bertz CT molecular complexity index is 1000. The minimum atomic E-state index is -0.652. The maximum absolute atomic E-state index is 13.6. The molecular weight excluding hydrogens is 428 g/mol. The van der Waals surface area contributed by atoms with E-state index in [4.69, 9.17) is 4.74 Å². The van der Waals surface area contributed by atoms with Crippen molar-refractivity contribution in [2.24, 2.45) is 5.92 Å². The van der Waals surface area contributed by atoms with Gasteiger partial charge in [0.05, 0.1) is 11.0 Å². The van der Waals surface area contributed by atoms with E-state index >= 15 is 0 Å². The summed E-state index contributed by atoms with van der Waals surface area (Å²) in [6.45, 7) is 0.553. The lowest BCUT2D eigenvalue weighted by molar-refractivity contribution is -0.139. The van der Waals surface area contributed by atoms with Crippen molar-refractivity contribution in [3.05, 3.63) is 35.7 Å². The van der Waals surface area contributed by atoms with Crippen LogP contribution in [0.4, 0.5) is 0 Å². The summed E-state index contributed by atoms with van der Waals surface area (Å²) in [6.07, 6.45) is 10.5. The standard InChI is InChI=1S/C23H26N4O4S/c28-16-13-31-17-8-10-27(20(16)17)23(30)19(14-5-2-1-3-6-14)26-21(29)22-25-12-18(32-22)15-7-4-9-24-11-15/h4,7,9,11-12,14,17,19-20H,1-3,5-6,8,10,13H2,(H,26,29)/t17-,19?,20-/m1/s1. The smallest absolute Gasteiger partial charge is 0.280 e. The molecule has 32 heavy (non-hydrogen) atoms. The number of ether oxygens (including phenoxy) is 1. The lowest BCUT2D eigenvalue weighted by Gasteiger charge is -2.34. The van der Waals surface area contributed by atoms with Gasteiger partial charge in [-0.3, -0.25) is 19.4 Å². The van der Waals surface area contributed by atoms with Crippen LogP contribution in [0.3, 0.4) is 0 Å². The zero-order valence-electron chi connectivity index (χ0n) is 17.7. The van der Waals surface area contributed by atoms with Crippen molar-refractivity contribution in [3.63, 3.8) is 0 Å². The first kappa shape index (κ1) is 21.2. The highest BCUT2D eigenvalue weighted by Gasteiger charge is 2.49. The highest BCUT2D eigenvalue weighted by Crippen LogP contribution is 2.32. The first-order valence-electron chi connectivity index (χ1n) is 11.2. The Balaban J connectivity index is 1.35. The molecule has 8 nitrogen and oxygen atoms in total. The van der Waals surface area contributed by atoms with Crippen LogP contribution in [-0.4, -0.2) is 63.8 Å². The van der Waals surface area contributed by atoms with E-state index in [1.165, 1.54) is 11.3 Å². The Morgan fingerprint density at radius 2 is 2.03 bits per heavy atom. The number of fused-ring (bicyclic) bond motifs is 1. The van der Waals surface area contributed by atoms with Crippen LogP contribution in [0.25, 0.3) is 10.4 Å². The van der Waals surface area contributed by atoms with Gasteiger partial charge in [0.1, 0.15) is 18.7 Å². The number of hydrogen-bond donors (Lipinski definition) is 1. The number of carbonyl (C=O) groups excluding carboxylic acids is 3. The number of amides is 2. The molecule has 0 bridgehead atoms. The molecule has 1 saturated carbocycles. The normalized spacial score (nSPS) is 24.4. The van der Waals surface area contributed by atoms with Crippen molar-refractivity contribution >= 4 is 28.9 Å². The molecule has 3 aliphatic rings. The van der Waals surface area contributed by atoms with Crippen LogP contribution in [0.5, 0.6) is 0 Å². The quantitative estimate of drug-likeness (QED) is 0.745. The van der Waals surface area contributed by atoms with Gasteiger partial charge in [-0.15, -0.1) is 11.3 Å². The number of rotatable bonds is 5. The van der Waals surface area contributed by atoms with Gasteiger partial charge >= 0.3 is 0 Å². The van der Waals surface area contributed by atoms with Crippen molar-refractivity contribution in [1.82, 2.24) is 20.2 Å². The maximum atomic E-state index is 13.6. The summed E-state index contributed by atoms with van der Waals surface area (Å²) >= 11 is 1.28. The Labute approximate surface area is 190 Å². The van der Waals surface area contributed by atoms with Gasteiger partial charge in [0, 0.05) is 30.7 Å². The molecule has 2 aromatic rings. The molecule has 1 N–H and O–H groups in total. The molecule has 168 valence electrons. The fraction of sp³-hybridized carbons (Fsp3) is 0.522. The Hall–Kier alpha value is -2.65. The van der Waals surface area contributed by atoms with Gasteiger partial charge in [-0.25, -0.2) is 4.98 Å². The Morgan fingerprint density at radius 3 is 2.81 bits per heavy atom. The van der Waals surface area contributed by atoms with Gasteiger partial charge < -0.3 is 15.0 Å². The van der Waals surface area contributed by atoms with Gasteiger partial charge in [0.25, 0.3) is 5.91 Å². The Morgan fingerprint density at radius 1 is 1.19 bits per heavy atom. The van der Waals surface area contributed by atoms with Gasteiger partial charge in [-0.2, -0.15) is 0 Å². The van der Waals surface area contributed by atoms with E-state index in [0.717, 1.165) is 42.5 Å². The fourth-order valence-electron chi connectivity index (χ4n) is 5.09. The first-order valence-corrected chi connectivity index (χ1v) is 12.1. The summed E-state index contributed by atoms with van der Waals surface area (Å²) in [5, 5.41) is 3.31.